The Hall–Kier alpha value is -3.09. The third kappa shape index (κ3) is 8.40. The van der Waals surface area contributed by atoms with E-state index in [0.29, 0.717) is 36.3 Å². The second-order valence-electron chi connectivity index (χ2n) is 9.01. The Bertz CT molecular complexity index is 854. The molecule has 0 saturated heterocycles. The Morgan fingerprint density at radius 3 is 2.27 bits per heavy atom. The number of aromatic carboxylic acids is 1. The molecular weight excluding hydrogens is 456 g/mol. The van der Waals surface area contributed by atoms with Crippen LogP contribution in [0.5, 0.6) is 11.5 Å². The highest BCUT2D eigenvalue weighted by molar-refractivity contribution is 6.74. The maximum absolute atomic E-state index is 11.8. The van der Waals surface area contributed by atoms with Gasteiger partial charge in [-0.2, -0.15) is 0 Å². The highest BCUT2D eigenvalue weighted by atomic mass is 28.4. The predicted molar refractivity (Wildman–Crippen MR) is 120 cm³/mol. The highest BCUT2D eigenvalue weighted by Gasteiger charge is 2.40. The summed E-state index contributed by atoms with van der Waals surface area (Å²) in [6, 6.07) is 3.08. The van der Waals surface area contributed by atoms with Crippen molar-refractivity contribution in [1.82, 2.24) is 0 Å². The topological polar surface area (TPSA) is 161 Å². The van der Waals surface area contributed by atoms with Gasteiger partial charge >= 0.3 is 5.97 Å². The summed E-state index contributed by atoms with van der Waals surface area (Å²) in [5.74, 6) is -0.302. The van der Waals surface area contributed by atoms with Crippen molar-refractivity contribution in [3.63, 3.8) is 0 Å². The molecule has 186 valence electrons. The third-order valence-corrected chi connectivity index (χ3v) is 9.98. The largest absolute Gasteiger partial charge is 0.541 e. The summed E-state index contributed by atoms with van der Waals surface area (Å²) in [7, 11) is -0.782. The molecule has 1 atom stereocenters. The minimum atomic E-state index is -2.22. The average molecular weight is 489 g/mol. The minimum Gasteiger partial charge on any atom is -0.541 e. The molecule has 0 aliphatic rings. The second-order valence-corrected chi connectivity index (χ2v) is 13.7. The van der Waals surface area contributed by atoms with Gasteiger partial charge in [-0.1, -0.05) is 27.2 Å². The molecule has 1 rings (SSSR count). The van der Waals surface area contributed by atoms with Gasteiger partial charge in [0.2, 0.25) is 0 Å². The normalized spacial score (nSPS) is 12.5. The van der Waals surface area contributed by atoms with Gasteiger partial charge in [-0.25, -0.2) is 4.79 Å². The van der Waals surface area contributed by atoms with E-state index in [1.54, 1.807) is 6.07 Å². The third-order valence-electron chi connectivity index (χ3n) is 5.63. The zero-order valence-electron chi connectivity index (χ0n) is 19.8. The van der Waals surface area contributed by atoms with Crippen LogP contribution in [0, 0.1) is 20.2 Å². The molecule has 1 aromatic rings. The summed E-state index contributed by atoms with van der Waals surface area (Å²) >= 11 is 0. The summed E-state index contributed by atoms with van der Waals surface area (Å²) < 4.78 is 11.9. The monoisotopic (exact) mass is 488 g/mol. The van der Waals surface area contributed by atoms with Crippen LogP contribution in [0.1, 0.15) is 56.0 Å². The van der Waals surface area contributed by atoms with E-state index in [9.17, 15) is 30.1 Å². The van der Waals surface area contributed by atoms with Crippen LogP contribution in [0.25, 0.3) is 0 Å². The number of carboxylic acid groups (broad SMARTS) is 1. The molecule has 1 unspecified atom stereocenters. The first-order valence-electron chi connectivity index (χ1n) is 10.4. The number of ether oxygens (including phenoxy) is 1. The van der Waals surface area contributed by atoms with Crippen LogP contribution >= 0.6 is 0 Å². The zero-order valence-corrected chi connectivity index (χ0v) is 20.8. The van der Waals surface area contributed by atoms with Gasteiger partial charge in [0.1, 0.15) is 18.5 Å². The SMILES string of the molecule is COc1c(O[Si](C)(C)C(C)(C)C)ccc(C(=O)O)c1CCCCC(CO[N+](=O)[O-])O[N+](=O)[O-]. The first kappa shape index (κ1) is 27.9. The van der Waals surface area contributed by atoms with Crippen LogP contribution in [0.2, 0.25) is 18.1 Å². The van der Waals surface area contributed by atoms with Gasteiger partial charge in [0, 0.05) is 5.56 Å². The number of hydrogen-bond acceptors (Lipinski definition) is 9. The van der Waals surface area contributed by atoms with E-state index in [2.05, 4.69) is 43.5 Å². The number of unbranched alkanes of at least 4 members (excludes halogenated alkanes) is 1. The van der Waals surface area contributed by atoms with E-state index < -0.39 is 37.2 Å². The molecule has 1 aromatic carbocycles. The van der Waals surface area contributed by atoms with E-state index in [-0.39, 0.29) is 17.0 Å². The number of methoxy groups -OCH3 is 1. The molecule has 33 heavy (non-hydrogen) atoms. The summed E-state index contributed by atoms with van der Waals surface area (Å²) in [5.41, 5.74) is 0.527. The number of carboxylic acids is 1. The molecule has 13 heteroatoms. The maximum atomic E-state index is 11.8. The lowest BCUT2D eigenvalue weighted by molar-refractivity contribution is -0.790. The number of hydrogen-bond donors (Lipinski definition) is 1. The molecule has 0 radical (unpaired) electrons. The first-order chi connectivity index (χ1) is 15.2. The van der Waals surface area contributed by atoms with Gasteiger partial charge < -0.3 is 23.9 Å². The molecule has 0 amide bonds. The molecule has 0 aromatic heterocycles. The lowest BCUT2D eigenvalue weighted by atomic mass is 9.99. The minimum absolute atomic E-state index is 0.0733. The van der Waals surface area contributed by atoms with Crippen molar-refractivity contribution >= 4 is 14.3 Å². The summed E-state index contributed by atoms with van der Waals surface area (Å²) in [6.45, 7) is 9.83. The van der Waals surface area contributed by atoms with Crippen LogP contribution < -0.4 is 9.16 Å². The number of benzene rings is 1. The fourth-order valence-electron chi connectivity index (χ4n) is 2.89. The number of carbonyl (C=O) groups is 1. The maximum Gasteiger partial charge on any atom is 0.336 e. The molecule has 0 saturated carbocycles. The van der Waals surface area contributed by atoms with Crippen LogP contribution in [0.3, 0.4) is 0 Å². The lowest BCUT2D eigenvalue weighted by Crippen LogP contribution is -2.44. The standard InChI is InChI=1S/C20H32N2O10Si/c1-20(2,3)33(5,6)32-17-12-11-16(19(23)24)15(18(17)29-4)10-8-7-9-14(31-22(27)28)13-30-21(25)26/h11-12,14H,7-10,13H2,1-6H3,(H,23,24). The van der Waals surface area contributed by atoms with Crippen LogP contribution in [-0.4, -0.2) is 49.4 Å². The van der Waals surface area contributed by atoms with Crippen molar-refractivity contribution in [3.05, 3.63) is 43.5 Å². The lowest BCUT2D eigenvalue weighted by Gasteiger charge is -2.37. The predicted octanol–water partition coefficient (Wildman–Crippen LogP) is 4.28. The van der Waals surface area contributed by atoms with Gasteiger partial charge in [0.25, 0.3) is 18.5 Å². The molecule has 0 fully saturated rings. The summed E-state index contributed by atoms with van der Waals surface area (Å²) in [5, 5.41) is 28.4. The Kier molecular flexibility index (Phi) is 9.89. The van der Waals surface area contributed by atoms with Crippen LogP contribution in [0.15, 0.2) is 12.1 Å². The fraction of sp³-hybridized carbons (Fsp3) is 0.650. The van der Waals surface area contributed by atoms with Gasteiger partial charge in [-0.3, -0.25) is 0 Å². The fourth-order valence-corrected chi connectivity index (χ4v) is 3.91. The van der Waals surface area contributed by atoms with E-state index in [0.717, 1.165) is 0 Å². The van der Waals surface area contributed by atoms with Crippen LogP contribution in [0.4, 0.5) is 0 Å². The molecular formula is C20H32N2O10Si. The van der Waals surface area contributed by atoms with Crippen molar-refractivity contribution < 1.29 is 38.9 Å². The smallest absolute Gasteiger partial charge is 0.336 e. The molecule has 0 aliphatic carbocycles. The van der Waals surface area contributed by atoms with E-state index in [1.807, 2.05) is 0 Å². The number of rotatable bonds is 14. The summed E-state index contributed by atoms with van der Waals surface area (Å²) in [4.78, 5) is 41.3. The molecule has 12 nitrogen and oxygen atoms in total. The van der Waals surface area contributed by atoms with Crippen LogP contribution in [-0.2, 0) is 16.1 Å². The summed E-state index contributed by atoms with van der Waals surface area (Å²) in [6.07, 6.45) is 0.0886. The number of nitrogens with zero attached hydrogens (tertiary/aromatic N) is 2. The molecule has 0 aliphatic heterocycles. The molecule has 1 N–H and O–H groups in total. The van der Waals surface area contributed by atoms with Gasteiger partial charge in [-0.05, 0) is 49.5 Å². The van der Waals surface area contributed by atoms with Crippen molar-refractivity contribution in [2.75, 3.05) is 13.7 Å². The van der Waals surface area contributed by atoms with E-state index in [1.165, 1.54) is 13.2 Å². The van der Waals surface area contributed by atoms with Gasteiger partial charge in [0.05, 0.1) is 12.7 Å². The van der Waals surface area contributed by atoms with Crippen molar-refractivity contribution in [2.24, 2.45) is 0 Å². The molecule has 0 spiro atoms. The second kappa shape index (κ2) is 11.7. The molecule has 0 bridgehead atoms. The van der Waals surface area contributed by atoms with E-state index in [4.69, 9.17) is 9.16 Å². The molecule has 0 heterocycles. The van der Waals surface area contributed by atoms with Crippen molar-refractivity contribution in [3.8, 4) is 11.5 Å². The Labute approximate surface area is 193 Å². The first-order valence-corrected chi connectivity index (χ1v) is 13.3. The zero-order chi connectivity index (χ0) is 25.4. The quantitative estimate of drug-likeness (QED) is 0.173. The average Bonchev–Trinajstić information content (AvgIpc) is 2.67. The Morgan fingerprint density at radius 2 is 1.79 bits per heavy atom. The van der Waals surface area contributed by atoms with Crippen molar-refractivity contribution in [2.45, 2.75) is 70.7 Å². The van der Waals surface area contributed by atoms with Gasteiger partial charge in [-0.15, -0.1) is 20.2 Å². The Balaban J connectivity index is 3.04. The van der Waals surface area contributed by atoms with Crippen molar-refractivity contribution in [1.29, 1.82) is 0 Å². The van der Waals surface area contributed by atoms with Gasteiger partial charge in [0.15, 0.2) is 5.75 Å². The Morgan fingerprint density at radius 1 is 1.15 bits per heavy atom. The highest BCUT2D eigenvalue weighted by Crippen LogP contribution is 2.42. The van der Waals surface area contributed by atoms with E-state index >= 15 is 0 Å².